The molecule has 0 aliphatic rings. The molecule has 6 nitrogen and oxygen atoms in total. The van der Waals surface area contributed by atoms with E-state index in [9.17, 15) is 13.2 Å². The molecule has 7 heteroatoms. The summed E-state index contributed by atoms with van der Waals surface area (Å²) >= 11 is 0. The Labute approximate surface area is 126 Å². The molecule has 21 heavy (non-hydrogen) atoms. The number of nitrogens with one attached hydrogen (secondary N) is 2. The maximum Gasteiger partial charge on any atom is 0.241 e. The number of nitrogens with two attached hydrogens (primary N) is 1. The molecule has 0 spiro atoms. The summed E-state index contributed by atoms with van der Waals surface area (Å²) < 4.78 is 27.7. The number of carbonyl (C=O) groups is 1. The first-order valence-corrected chi connectivity index (χ1v) is 8.08. The van der Waals surface area contributed by atoms with Crippen LogP contribution < -0.4 is 15.8 Å². The van der Waals surface area contributed by atoms with Crippen molar-refractivity contribution in [2.45, 2.75) is 44.6 Å². The molecule has 0 saturated heterocycles. The van der Waals surface area contributed by atoms with Crippen LogP contribution in [0.15, 0.2) is 17.0 Å². The molecule has 1 amide bonds. The van der Waals surface area contributed by atoms with Gasteiger partial charge in [0.05, 0.1) is 4.90 Å². The van der Waals surface area contributed by atoms with Crippen molar-refractivity contribution in [2.75, 3.05) is 12.4 Å². The topological polar surface area (TPSA) is 101 Å². The number of sulfonamides is 1. The van der Waals surface area contributed by atoms with Gasteiger partial charge in [-0.2, -0.15) is 0 Å². The SMILES string of the molecule is CNc1cc(C)c(S(=O)(=O)NC(C)(C)CC(N)=O)c(C)c1. The highest BCUT2D eigenvalue weighted by Crippen LogP contribution is 2.25. The fourth-order valence-electron chi connectivity index (χ4n) is 2.40. The van der Waals surface area contributed by atoms with Gasteiger partial charge in [0.2, 0.25) is 15.9 Å². The molecule has 1 rings (SSSR count). The van der Waals surface area contributed by atoms with Gasteiger partial charge >= 0.3 is 0 Å². The van der Waals surface area contributed by atoms with Gasteiger partial charge in [0.1, 0.15) is 0 Å². The lowest BCUT2D eigenvalue weighted by molar-refractivity contribution is -0.119. The molecule has 0 unspecified atom stereocenters. The monoisotopic (exact) mass is 313 g/mol. The predicted octanol–water partition coefficient (Wildman–Crippen LogP) is 1.28. The number of amides is 1. The van der Waals surface area contributed by atoms with E-state index in [4.69, 9.17) is 5.73 Å². The van der Waals surface area contributed by atoms with Crippen molar-refractivity contribution < 1.29 is 13.2 Å². The zero-order chi connectivity index (χ0) is 16.4. The summed E-state index contributed by atoms with van der Waals surface area (Å²) in [6.07, 6.45) is -0.0705. The second-order valence-corrected chi connectivity index (χ2v) is 7.44. The number of aryl methyl sites for hydroxylation is 2. The van der Waals surface area contributed by atoms with Crippen LogP contribution >= 0.6 is 0 Å². The molecule has 0 aliphatic carbocycles. The van der Waals surface area contributed by atoms with Crippen molar-refractivity contribution >= 4 is 21.6 Å². The third-order valence-electron chi connectivity index (χ3n) is 3.04. The average molecular weight is 313 g/mol. The minimum atomic E-state index is -3.74. The van der Waals surface area contributed by atoms with Crippen molar-refractivity contribution in [3.8, 4) is 0 Å². The van der Waals surface area contributed by atoms with E-state index in [1.807, 2.05) is 0 Å². The number of primary amides is 1. The van der Waals surface area contributed by atoms with Crippen molar-refractivity contribution in [3.05, 3.63) is 23.3 Å². The zero-order valence-electron chi connectivity index (χ0n) is 13.1. The van der Waals surface area contributed by atoms with Crippen molar-refractivity contribution in [2.24, 2.45) is 5.73 Å². The van der Waals surface area contributed by atoms with Crippen LogP contribution in [0.25, 0.3) is 0 Å². The smallest absolute Gasteiger partial charge is 0.241 e. The number of carbonyl (C=O) groups excluding carboxylic acids is 1. The largest absolute Gasteiger partial charge is 0.388 e. The van der Waals surface area contributed by atoms with Crippen LogP contribution in [0.5, 0.6) is 0 Å². The fraction of sp³-hybridized carbons (Fsp3) is 0.500. The molecule has 1 aromatic rings. The standard InChI is InChI=1S/C14H23N3O3S/c1-9-6-11(16-5)7-10(2)13(9)21(19,20)17-14(3,4)8-12(15)18/h6-7,16-17H,8H2,1-5H3,(H2,15,18). The van der Waals surface area contributed by atoms with Gasteiger partial charge in [-0.1, -0.05) is 0 Å². The quantitative estimate of drug-likeness (QED) is 0.736. The first kappa shape index (κ1) is 17.5. The van der Waals surface area contributed by atoms with Gasteiger partial charge < -0.3 is 11.1 Å². The predicted molar refractivity (Wildman–Crippen MR) is 83.7 cm³/mol. The molecule has 0 saturated carbocycles. The van der Waals surface area contributed by atoms with Gasteiger partial charge in [0.15, 0.2) is 0 Å². The summed E-state index contributed by atoms with van der Waals surface area (Å²) in [6.45, 7) is 6.73. The molecular weight excluding hydrogens is 290 g/mol. The number of rotatable bonds is 6. The van der Waals surface area contributed by atoms with E-state index in [-0.39, 0.29) is 11.3 Å². The van der Waals surface area contributed by atoms with Crippen LogP contribution in [0, 0.1) is 13.8 Å². The van der Waals surface area contributed by atoms with E-state index in [0.717, 1.165) is 5.69 Å². The Bertz CT molecular complexity index is 628. The van der Waals surface area contributed by atoms with Crippen molar-refractivity contribution in [1.29, 1.82) is 0 Å². The minimum Gasteiger partial charge on any atom is -0.388 e. The van der Waals surface area contributed by atoms with Crippen LogP contribution in [0.2, 0.25) is 0 Å². The Kier molecular flexibility index (Phi) is 5.01. The highest BCUT2D eigenvalue weighted by Gasteiger charge is 2.29. The third kappa shape index (κ3) is 4.44. The van der Waals surface area contributed by atoms with E-state index < -0.39 is 21.5 Å². The summed E-state index contributed by atoms with van der Waals surface area (Å²) in [5.41, 5.74) is 6.34. The Hall–Kier alpha value is -1.60. The molecule has 0 atom stereocenters. The van der Waals surface area contributed by atoms with Crippen molar-refractivity contribution in [1.82, 2.24) is 4.72 Å². The zero-order valence-corrected chi connectivity index (χ0v) is 13.9. The number of anilines is 1. The van der Waals surface area contributed by atoms with Gasteiger partial charge in [-0.25, -0.2) is 13.1 Å². The Morgan fingerprint density at radius 2 is 1.71 bits per heavy atom. The molecule has 0 radical (unpaired) electrons. The van der Waals surface area contributed by atoms with Gasteiger partial charge in [-0.05, 0) is 51.0 Å². The molecule has 118 valence electrons. The highest BCUT2D eigenvalue weighted by atomic mass is 32.2. The van der Waals surface area contributed by atoms with Gasteiger partial charge in [-0.3, -0.25) is 4.79 Å². The lowest BCUT2D eigenvalue weighted by Gasteiger charge is -2.25. The molecule has 4 N–H and O–H groups in total. The maximum atomic E-state index is 12.6. The Morgan fingerprint density at radius 3 is 2.10 bits per heavy atom. The molecule has 0 aliphatic heterocycles. The number of hydrogen-bond acceptors (Lipinski definition) is 4. The summed E-state index contributed by atoms with van der Waals surface area (Å²) in [4.78, 5) is 11.3. The Balaban J connectivity index is 3.23. The van der Waals surface area contributed by atoms with E-state index >= 15 is 0 Å². The molecule has 0 aromatic heterocycles. The van der Waals surface area contributed by atoms with E-state index in [0.29, 0.717) is 11.1 Å². The second kappa shape index (κ2) is 6.03. The van der Waals surface area contributed by atoms with Crippen LogP contribution in [0.4, 0.5) is 5.69 Å². The van der Waals surface area contributed by atoms with E-state index in [2.05, 4.69) is 10.0 Å². The number of hydrogen-bond donors (Lipinski definition) is 3. The molecule has 0 heterocycles. The summed E-state index contributed by atoms with van der Waals surface area (Å²) in [6, 6.07) is 3.53. The van der Waals surface area contributed by atoms with E-state index in [1.54, 1.807) is 46.9 Å². The maximum absolute atomic E-state index is 12.6. The minimum absolute atomic E-state index is 0.0705. The molecule has 0 fully saturated rings. The fourth-order valence-corrected chi connectivity index (χ4v) is 4.27. The summed E-state index contributed by atoms with van der Waals surface area (Å²) in [7, 11) is -1.96. The lowest BCUT2D eigenvalue weighted by atomic mass is 10.0. The lowest BCUT2D eigenvalue weighted by Crippen LogP contribution is -2.46. The summed E-state index contributed by atoms with van der Waals surface area (Å²) in [5.74, 6) is -0.554. The second-order valence-electron chi connectivity index (χ2n) is 5.82. The first-order chi connectivity index (χ1) is 9.48. The number of benzene rings is 1. The molecule has 0 bridgehead atoms. The van der Waals surface area contributed by atoms with Gasteiger partial charge in [0.25, 0.3) is 0 Å². The first-order valence-electron chi connectivity index (χ1n) is 6.60. The van der Waals surface area contributed by atoms with Gasteiger partial charge in [0, 0.05) is 24.7 Å². The average Bonchev–Trinajstić information content (AvgIpc) is 2.23. The highest BCUT2D eigenvalue weighted by molar-refractivity contribution is 7.89. The van der Waals surface area contributed by atoms with E-state index in [1.165, 1.54) is 0 Å². The Morgan fingerprint density at radius 1 is 1.24 bits per heavy atom. The van der Waals surface area contributed by atoms with Crippen LogP contribution in [0.3, 0.4) is 0 Å². The summed E-state index contributed by atoms with van der Waals surface area (Å²) in [5, 5.41) is 2.99. The third-order valence-corrected chi connectivity index (χ3v) is 5.05. The normalized spacial score (nSPS) is 12.2. The molecule has 1 aromatic carbocycles. The van der Waals surface area contributed by atoms with Crippen LogP contribution in [-0.4, -0.2) is 26.9 Å². The van der Waals surface area contributed by atoms with Crippen LogP contribution in [0.1, 0.15) is 31.4 Å². The van der Waals surface area contributed by atoms with Crippen molar-refractivity contribution in [3.63, 3.8) is 0 Å². The van der Waals surface area contributed by atoms with Crippen LogP contribution in [-0.2, 0) is 14.8 Å². The molecular formula is C14H23N3O3S. The van der Waals surface area contributed by atoms with Gasteiger partial charge in [-0.15, -0.1) is 0 Å².